The van der Waals surface area contributed by atoms with Crippen molar-refractivity contribution in [2.24, 2.45) is 5.92 Å². The van der Waals surface area contributed by atoms with Gasteiger partial charge in [0.05, 0.1) is 11.6 Å². The summed E-state index contributed by atoms with van der Waals surface area (Å²) in [6.07, 6.45) is 0.861. The number of nitrogens with one attached hydrogen (secondary N) is 2. The summed E-state index contributed by atoms with van der Waals surface area (Å²) in [6, 6.07) is 6.75. The van der Waals surface area contributed by atoms with Crippen LogP contribution in [0.4, 0.5) is 5.69 Å². The average Bonchev–Trinajstić information content (AvgIpc) is 2.74. The van der Waals surface area contributed by atoms with Crippen LogP contribution in [-0.4, -0.2) is 24.1 Å². The van der Waals surface area contributed by atoms with E-state index in [1.807, 2.05) is 0 Å². The zero-order chi connectivity index (χ0) is 10.7. The summed E-state index contributed by atoms with van der Waals surface area (Å²) in [7, 11) is 0. The fourth-order valence-corrected chi connectivity index (χ4v) is 1.69. The molecule has 0 spiro atoms. The van der Waals surface area contributed by atoms with Crippen molar-refractivity contribution in [3.8, 4) is 5.75 Å². The van der Waals surface area contributed by atoms with E-state index in [4.69, 9.17) is 0 Å². The molecule has 4 nitrogen and oxygen atoms in total. The molecule has 1 atom stereocenters. The summed E-state index contributed by atoms with van der Waals surface area (Å²) in [4.78, 5) is 11.7. The van der Waals surface area contributed by atoms with E-state index in [2.05, 4.69) is 10.6 Å². The van der Waals surface area contributed by atoms with E-state index in [0.29, 0.717) is 5.69 Å². The van der Waals surface area contributed by atoms with Gasteiger partial charge in [0.25, 0.3) is 0 Å². The number of anilines is 1. The molecule has 0 radical (unpaired) electrons. The number of benzene rings is 1. The molecular formula is C11H14N2O2. The molecule has 1 aromatic rings. The molecule has 0 saturated carbocycles. The van der Waals surface area contributed by atoms with Crippen LogP contribution in [0.25, 0.3) is 0 Å². The first kappa shape index (κ1) is 9.98. The van der Waals surface area contributed by atoms with E-state index in [1.54, 1.807) is 24.3 Å². The summed E-state index contributed by atoms with van der Waals surface area (Å²) in [5, 5.41) is 15.3. The van der Waals surface area contributed by atoms with Crippen LogP contribution >= 0.6 is 0 Å². The number of hydrogen-bond acceptors (Lipinski definition) is 3. The second kappa shape index (κ2) is 4.31. The second-order valence-corrected chi connectivity index (χ2v) is 3.70. The van der Waals surface area contributed by atoms with Crippen molar-refractivity contribution in [3.05, 3.63) is 24.3 Å². The van der Waals surface area contributed by atoms with Crippen LogP contribution in [0.1, 0.15) is 6.42 Å². The van der Waals surface area contributed by atoms with Gasteiger partial charge in [-0.3, -0.25) is 4.79 Å². The summed E-state index contributed by atoms with van der Waals surface area (Å²) >= 11 is 0. The largest absolute Gasteiger partial charge is 0.506 e. The van der Waals surface area contributed by atoms with Crippen LogP contribution < -0.4 is 10.6 Å². The Bertz CT molecular complexity index is 359. The van der Waals surface area contributed by atoms with Crippen molar-refractivity contribution in [3.63, 3.8) is 0 Å². The van der Waals surface area contributed by atoms with Gasteiger partial charge >= 0.3 is 0 Å². The molecule has 15 heavy (non-hydrogen) atoms. The Morgan fingerprint density at radius 3 is 2.93 bits per heavy atom. The lowest BCUT2D eigenvalue weighted by atomic mass is 10.1. The second-order valence-electron chi connectivity index (χ2n) is 3.70. The smallest absolute Gasteiger partial charge is 0.228 e. The SMILES string of the molecule is O=C(Nc1ccccc1O)[C@H]1CCNC1. The van der Waals surface area contributed by atoms with E-state index in [9.17, 15) is 9.90 Å². The van der Waals surface area contributed by atoms with Gasteiger partial charge in [-0.1, -0.05) is 12.1 Å². The minimum absolute atomic E-state index is 0.0182. The van der Waals surface area contributed by atoms with E-state index < -0.39 is 0 Å². The van der Waals surface area contributed by atoms with Crippen LogP contribution in [-0.2, 0) is 4.79 Å². The zero-order valence-corrected chi connectivity index (χ0v) is 8.36. The van der Waals surface area contributed by atoms with Gasteiger partial charge in [-0.15, -0.1) is 0 Å². The molecule has 1 fully saturated rings. The van der Waals surface area contributed by atoms with Gasteiger partial charge < -0.3 is 15.7 Å². The summed E-state index contributed by atoms with van der Waals surface area (Å²) < 4.78 is 0. The van der Waals surface area contributed by atoms with Crippen LogP contribution in [0.5, 0.6) is 5.75 Å². The first-order chi connectivity index (χ1) is 7.27. The number of carbonyl (C=O) groups is 1. The molecule has 1 amide bonds. The molecule has 80 valence electrons. The zero-order valence-electron chi connectivity index (χ0n) is 8.36. The number of phenols is 1. The third-order valence-electron chi connectivity index (χ3n) is 2.59. The summed E-state index contributed by atoms with van der Waals surface area (Å²) in [6.45, 7) is 1.61. The molecule has 4 heteroatoms. The van der Waals surface area contributed by atoms with Crippen molar-refractivity contribution in [2.75, 3.05) is 18.4 Å². The molecule has 1 aliphatic heterocycles. The number of amides is 1. The first-order valence-electron chi connectivity index (χ1n) is 5.07. The van der Waals surface area contributed by atoms with Gasteiger partial charge in [0.2, 0.25) is 5.91 Å². The molecular weight excluding hydrogens is 192 g/mol. The highest BCUT2D eigenvalue weighted by molar-refractivity contribution is 5.94. The molecule has 1 saturated heterocycles. The minimum atomic E-state index is -0.0264. The van der Waals surface area contributed by atoms with Crippen LogP contribution in [0.3, 0.4) is 0 Å². The Morgan fingerprint density at radius 2 is 2.27 bits per heavy atom. The predicted octanol–water partition coefficient (Wildman–Crippen LogP) is 0.940. The molecule has 1 aromatic carbocycles. The molecule has 1 heterocycles. The highest BCUT2D eigenvalue weighted by Crippen LogP contribution is 2.22. The monoisotopic (exact) mass is 206 g/mol. The fraction of sp³-hybridized carbons (Fsp3) is 0.364. The predicted molar refractivity (Wildman–Crippen MR) is 57.7 cm³/mol. The highest BCUT2D eigenvalue weighted by Gasteiger charge is 2.22. The van der Waals surface area contributed by atoms with E-state index in [0.717, 1.165) is 19.5 Å². The third kappa shape index (κ3) is 2.27. The quantitative estimate of drug-likeness (QED) is 0.631. The van der Waals surface area contributed by atoms with E-state index in [-0.39, 0.29) is 17.6 Å². The lowest BCUT2D eigenvalue weighted by Gasteiger charge is -2.10. The molecule has 2 rings (SSSR count). The topological polar surface area (TPSA) is 61.4 Å². The molecule has 0 aliphatic carbocycles. The maximum atomic E-state index is 11.7. The number of para-hydroxylation sites is 2. The molecule has 0 bridgehead atoms. The van der Waals surface area contributed by atoms with Crippen LogP contribution in [0, 0.1) is 5.92 Å². The lowest BCUT2D eigenvalue weighted by molar-refractivity contribution is -0.119. The Hall–Kier alpha value is -1.55. The molecule has 3 N–H and O–H groups in total. The number of hydrogen-bond donors (Lipinski definition) is 3. The Kier molecular flexibility index (Phi) is 2.87. The van der Waals surface area contributed by atoms with Crippen molar-refractivity contribution >= 4 is 11.6 Å². The Labute approximate surface area is 88.3 Å². The van der Waals surface area contributed by atoms with Gasteiger partial charge in [-0.25, -0.2) is 0 Å². The molecule has 1 aliphatic rings. The summed E-state index contributed by atoms with van der Waals surface area (Å²) in [5.41, 5.74) is 0.481. The maximum Gasteiger partial charge on any atom is 0.228 e. The van der Waals surface area contributed by atoms with Gasteiger partial charge in [0, 0.05) is 6.54 Å². The maximum absolute atomic E-state index is 11.7. The standard InChI is InChI=1S/C11H14N2O2/c14-10-4-2-1-3-9(10)13-11(15)8-5-6-12-7-8/h1-4,8,12,14H,5-7H2,(H,13,15)/t8-/m0/s1. The van der Waals surface area contributed by atoms with Crippen molar-refractivity contribution < 1.29 is 9.90 Å². The number of phenolic OH excluding ortho intramolecular Hbond substituents is 1. The van der Waals surface area contributed by atoms with Gasteiger partial charge in [0.15, 0.2) is 0 Å². The Morgan fingerprint density at radius 1 is 1.47 bits per heavy atom. The third-order valence-corrected chi connectivity index (χ3v) is 2.59. The lowest BCUT2D eigenvalue weighted by Crippen LogP contribution is -2.24. The number of aromatic hydroxyl groups is 1. The van der Waals surface area contributed by atoms with Crippen molar-refractivity contribution in [1.29, 1.82) is 0 Å². The van der Waals surface area contributed by atoms with Gasteiger partial charge in [-0.05, 0) is 25.1 Å². The number of carbonyl (C=O) groups excluding carboxylic acids is 1. The molecule has 0 unspecified atom stereocenters. The molecule has 0 aromatic heterocycles. The van der Waals surface area contributed by atoms with E-state index >= 15 is 0 Å². The first-order valence-corrected chi connectivity index (χ1v) is 5.07. The normalized spacial score (nSPS) is 20.1. The van der Waals surface area contributed by atoms with Gasteiger partial charge in [-0.2, -0.15) is 0 Å². The van der Waals surface area contributed by atoms with Gasteiger partial charge in [0.1, 0.15) is 5.75 Å². The van der Waals surface area contributed by atoms with Crippen molar-refractivity contribution in [1.82, 2.24) is 5.32 Å². The minimum Gasteiger partial charge on any atom is -0.506 e. The van der Waals surface area contributed by atoms with Crippen molar-refractivity contribution in [2.45, 2.75) is 6.42 Å². The summed E-state index contributed by atoms with van der Waals surface area (Å²) in [5.74, 6) is 0.0999. The van der Waals surface area contributed by atoms with Crippen LogP contribution in [0.2, 0.25) is 0 Å². The fourth-order valence-electron chi connectivity index (χ4n) is 1.69. The van der Waals surface area contributed by atoms with E-state index in [1.165, 1.54) is 0 Å². The average molecular weight is 206 g/mol. The van der Waals surface area contributed by atoms with Crippen LogP contribution in [0.15, 0.2) is 24.3 Å². The highest BCUT2D eigenvalue weighted by atomic mass is 16.3. The number of rotatable bonds is 2. The Balaban J connectivity index is 2.02.